The van der Waals surface area contributed by atoms with E-state index < -0.39 is 0 Å². The van der Waals surface area contributed by atoms with Crippen molar-refractivity contribution < 1.29 is 4.79 Å². The Labute approximate surface area is 86.5 Å². The predicted octanol–water partition coefficient (Wildman–Crippen LogP) is 2.34. The van der Waals surface area contributed by atoms with Crippen molar-refractivity contribution in [1.82, 2.24) is 5.32 Å². The summed E-state index contributed by atoms with van der Waals surface area (Å²) in [6.45, 7) is 5.64. The molecular formula is C12H21NO. The molecule has 3 unspecified atom stereocenters. The summed E-state index contributed by atoms with van der Waals surface area (Å²) in [7, 11) is 0. The molecule has 80 valence electrons. The second-order valence-electron chi connectivity index (χ2n) is 5.43. The fourth-order valence-corrected chi connectivity index (χ4v) is 3.25. The summed E-state index contributed by atoms with van der Waals surface area (Å²) in [5.74, 6) is 1.89. The number of hydrogen-bond acceptors (Lipinski definition) is 1. The highest BCUT2D eigenvalue weighted by Crippen LogP contribution is 2.47. The molecule has 0 radical (unpaired) electrons. The molecule has 1 amide bonds. The van der Waals surface area contributed by atoms with Gasteiger partial charge in [-0.05, 0) is 36.5 Å². The van der Waals surface area contributed by atoms with E-state index in [2.05, 4.69) is 19.2 Å². The lowest BCUT2D eigenvalue weighted by Gasteiger charge is -2.47. The first kappa shape index (κ1) is 10.0. The molecule has 0 bridgehead atoms. The van der Waals surface area contributed by atoms with E-state index in [9.17, 15) is 4.79 Å². The van der Waals surface area contributed by atoms with Crippen LogP contribution < -0.4 is 5.32 Å². The van der Waals surface area contributed by atoms with Gasteiger partial charge in [0, 0.05) is 13.0 Å². The molecule has 2 aliphatic rings. The van der Waals surface area contributed by atoms with Crippen molar-refractivity contribution in [2.75, 3.05) is 6.54 Å². The number of amides is 1. The van der Waals surface area contributed by atoms with Crippen LogP contribution >= 0.6 is 0 Å². The Bertz CT molecular complexity index is 226. The number of rotatable bonds is 0. The Morgan fingerprint density at radius 3 is 2.79 bits per heavy atom. The summed E-state index contributed by atoms with van der Waals surface area (Å²) in [4.78, 5) is 11.2. The van der Waals surface area contributed by atoms with Crippen LogP contribution in [0.2, 0.25) is 0 Å². The van der Waals surface area contributed by atoms with Crippen LogP contribution in [0.1, 0.15) is 46.0 Å². The maximum Gasteiger partial charge on any atom is 0.220 e. The number of piperidine rings is 1. The Hall–Kier alpha value is -0.530. The second kappa shape index (κ2) is 3.56. The average Bonchev–Trinajstić information content (AvgIpc) is 2.17. The normalized spacial score (nSPS) is 43.7. The number of carbonyl (C=O) groups is 1. The smallest absolute Gasteiger partial charge is 0.220 e. The van der Waals surface area contributed by atoms with Gasteiger partial charge in [-0.2, -0.15) is 0 Å². The van der Waals surface area contributed by atoms with Gasteiger partial charge in [0.1, 0.15) is 0 Å². The highest BCUT2D eigenvalue weighted by Gasteiger charge is 2.42. The van der Waals surface area contributed by atoms with E-state index in [0.29, 0.717) is 5.41 Å². The maximum atomic E-state index is 11.2. The first-order valence-corrected chi connectivity index (χ1v) is 5.89. The van der Waals surface area contributed by atoms with Crippen molar-refractivity contribution in [2.24, 2.45) is 17.3 Å². The number of nitrogens with one attached hydrogen (secondary N) is 1. The molecule has 2 rings (SSSR count). The van der Waals surface area contributed by atoms with E-state index in [1.807, 2.05) is 0 Å². The fourth-order valence-electron chi connectivity index (χ4n) is 3.25. The van der Waals surface area contributed by atoms with E-state index >= 15 is 0 Å². The van der Waals surface area contributed by atoms with Gasteiger partial charge in [-0.1, -0.05) is 20.3 Å². The third-order valence-corrected chi connectivity index (χ3v) is 4.38. The third kappa shape index (κ3) is 1.67. The highest BCUT2D eigenvalue weighted by molar-refractivity contribution is 5.76. The lowest BCUT2D eigenvalue weighted by Crippen LogP contribution is -2.49. The monoisotopic (exact) mass is 195 g/mol. The lowest BCUT2D eigenvalue weighted by molar-refractivity contribution is -0.126. The molecule has 1 saturated heterocycles. The standard InChI is InChI=1S/C12H21NO/c1-9-3-4-10(2)12(7-9)6-5-11(14)13-8-12/h9-10H,3-8H2,1-2H3,(H,13,14). The van der Waals surface area contributed by atoms with Crippen LogP contribution in [0, 0.1) is 17.3 Å². The summed E-state index contributed by atoms with van der Waals surface area (Å²) in [6, 6.07) is 0. The van der Waals surface area contributed by atoms with Gasteiger partial charge in [0.05, 0.1) is 0 Å². The van der Waals surface area contributed by atoms with Crippen molar-refractivity contribution in [2.45, 2.75) is 46.0 Å². The molecule has 1 aliphatic carbocycles. The van der Waals surface area contributed by atoms with E-state index in [1.165, 1.54) is 19.3 Å². The lowest BCUT2D eigenvalue weighted by atomic mass is 9.61. The van der Waals surface area contributed by atoms with E-state index in [-0.39, 0.29) is 5.91 Å². The zero-order valence-electron chi connectivity index (χ0n) is 9.31. The van der Waals surface area contributed by atoms with E-state index in [0.717, 1.165) is 31.2 Å². The van der Waals surface area contributed by atoms with Gasteiger partial charge in [-0.15, -0.1) is 0 Å². The van der Waals surface area contributed by atoms with Crippen molar-refractivity contribution in [3.63, 3.8) is 0 Å². The molecule has 3 atom stereocenters. The van der Waals surface area contributed by atoms with Gasteiger partial charge >= 0.3 is 0 Å². The molecule has 2 nitrogen and oxygen atoms in total. The van der Waals surface area contributed by atoms with Gasteiger partial charge in [0.15, 0.2) is 0 Å². The molecular weight excluding hydrogens is 174 g/mol. The van der Waals surface area contributed by atoms with Crippen molar-refractivity contribution in [3.8, 4) is 0 Å². The molecule has 2 heteroatoms. The van der Waals surface area contributed by atoms with Gasteiger partial charge in [0.25, 0.3) is 0 Å². The van der Waals surface area contributed by atoms with Gasteiger partial charge in [0.2, 0.25) is 5.91 Å². The first-order valence-electron chi connectivity index (χ1n) is 5.89. The quantitative estimate of drug-likeness (QED) is 0.631. The zero-order chi connectivity index (χ0) is 10.2. The van der Waals surface area contributed by atoms with Crippen LogP contribution in [0.25, 0.3) is 0 Å². The van der Waals surface area contributed by atoms with Crippen molar-refractivity contribution >= 4 is 5.91 Å². The Balaban J connectivity index is 2.08. The van der Waals surface area contributed by atoms with Crippen LogP contribution in [0.5, 0.6) is 0 Å². The number of carbonyl (C=O) groups excluding carboxylic acids is 1. The topological polar surface area (TPSA) is 29.1 Å². The molecule has 0 aromatic carbocycles. The summed E-state index contributed by atoms with van der Waals surface area (Å²) in [5.41, 5.74) is 0.436. The molecule has 1 N–H and O–H groups in total. The zero-order valence-corrected chi connectivity index (χ0v) is 9.31. The molecule has 1 saturated carbocycles. The predicted molar refractivity (Wildman–Crippen MR) is 56.9 cm³/mol. The van der Waals surface area contributed by atoms with Crippen molar-refractivity contribution in [1.29, 1.82) is 0 Å². The largest absolute Gasteiger partial charge is 0.356 e. The van der Waals surface area contributed by atoms with Crippen LogP contribution in [0.15, 0.2) is 0 Å². The third-order valence-electron chi connectivity index (χ3n) is 4.38. The summed E-state index contributed by atoms with van der Waals surface area (Å²) in [5, 5.41) is 3.05. The number of hydrogen-bond donors (Lipinski definition) is 1. The maximum absolute atomic E-state index is 11.2. The molecule has 14 heavy (non-hydrogen) atoms. The Morgan fingerprint density at radius 2 is 2.14 bits per heavy atom. The minimum absolute atomic E-state index is 0.251. The van der Waals surface area contributed by atoms with Crippen LogP contribution in [0.3, 0.4) is 0 Å². The average molecular weight is 195 g/mol. The van der Waals surface area contributed by atoms with Gasteiger partial charge in [-0.3, -0.25) is 4.79 Å². The summed E-state index contributed by atoms with van der Waals surface area (Å²) in [6.07, 6.45) is 5.89. The fraction of sp³-hybridized carbons (Fsp3) is 0.917. The summed E-state index contributed by atoms with van der Waals surface area (Å²) >= 11 is 0. The van der Waals surface area contributed by atoms with Crippen LogP contribution in [0.4, 0.5) is 0 Å². The van der Waals surface area contributed by atoms with Crippen molar-refractivity contribution in [3.05, 3.63) is 0 Å². The molecule has 1 aliphatic heterocycles. The molecule has 1 spiro atoms. The SMILES string of the molecule is CC1CCC(C)C2(CCC(=O)NC2)C1. The van der Waals surface area contributed by atoms with E-state index in [1.54, 1.807) is 0 Å². The minimum Gasteiger partial charge on any atom is -0.356 e. The molecule has 1 heterocycles. The molecule has 2 fully saturated rings. The Morgan fingerprint density at radius 1 is 1.36 bits per heavy atom. The second-order valence-corrected chi connectivity index (χ2v) is 5.43. The Kier molecular flexibility index (Phi) is 2.54. The highest BCUT2D eigenvalue weighted by atomic mass is 16.1. The molecule has 0 aromatic heterocycles. The molecule has 0 aromatic rings. The van der Waals surface area contributed by atoms with Crippen LogP contribution in [-0.2, 0) is 4.79 Å². The van der Waals surface area contributed by atoms with Gasteiger partial charge < -0.3 is 5.32 Å². The first-order chi connectivity index (χ1) is 6.62. The summed E-state index contributed by atoms with van der Waals surface area (Å²) < 4.78 is 0. The van der Waals surface area contributed by atoms with E-state index in [4.69, 9.17) is 0 Å². The minimum atomic E-state index is 0.251. The van der Waals surface area contributed by atoms with Gasteiger partial charge in [-0.25, -0.2) is 0 Å². The van der Waals surface area contributed by atoms with Crippen LogP contribution in [-0.4, -0.2) is 12.5 Å².